The van der Waals surface area contributed by atoms with E-state index in [-0.39, 0.29) is 11.7 Å². The molecule has 0 saturated heterocycles. The van der Waals surface area contributed by atoms with E-state index in [9.17, 15) is 4.79 Å². The summed E-state index contributed by atoms with van der Waals surface area (Å²) in [5.74, 6) is 0.439. The molecule has 0 unspecified atom stereocenters. The van der Waals surface area contributed by atoms with Crippen molar-refractivity contribution in [3.8, 4) is 0 Å². The number of nitrogens with zero attached hydrogens (tertiary/aromatic N) is 4. The van der Waals surface area contributed by atoms with Crippen LogP contribution in [-0.4, -0.2) is 33.3 Å². The molecule has 7 heteroatoms. The predicted molar refractivity (Wildman–Crippen MR) is 121 cm³/mol. The van der Waals surface area contributed by atoms with Gasteiger partial charge in [-0.2, -0.15) is 9.78 Å². The first-order valence-corrected chi connectivity index (χ1v) is 9.99. The predicted octanol–water partition coefficient (Wildman–Crippen LogP) is 3.82. The number of fused-ring (bicyclic) bond motifs is 2. The highest BCUT2D eigenvalue weighted by Gasteiger charge is 2.23. The van der Waals surface area contributed by atoms with Crippen LogP contribution < -0.4 is 11.1 Å². The van der Waals surface area contributed by atoms with Crippen molar-refractivity contribution in [2.45, 2.75) is 20.3 Å². The Kier molecular flexibility index (Phi) is 5.43. The zero-order valence-corrected chi connectivity index (χ0v) is 17.0. The molecular weight excluding hydrogens is 376 g/mol. The van der Waals surface area contributed by atoms with Crippen LogP contribution >= 0.6 is 0 Å². The van der Waals surface area contributed by atoms with Crippen molar-refractivity contribution < 1.29 is 4.79 Å². The Morgan fingerprint density at radius 1 is 1.10 bits per heavy atom. The van der Waals surface area contributed by atoms with E-state index in [4.69, 9.17) is 5.73 Å². The lowest BCUT2D eigenvalue weighted by Gasteiger charge is -2.07. The molecule has 0 aliphatic heterocycles. The number of nitrogen functional groups attached to an aromatic ring is 1. The minimum absolute atomic E-state index is 0.217. The molecule has 2 aromatic heterocycles. The molecular formula is C23H24N6O. The van der Waals surface area contributed by atoms with Crippen molar-refractivity contribution in [2.75, 3.05) is 12.3 Å². The lowest BCUT2D eigenvalue weighted by Crippen LogP contribution is -2.26. The van der Waals surface area contributed by atoms with Crippen LogP contribution in [0.5, 0.6) is 0 Å². The van der Waals surface area contributed by atoms with Gasteiger partial charge in [0.25, 0.3) is 5.91 Å². The molecule has 2 heterocycles. The van der Waals surface area contributed by atoms with Gasteiger partial charge in [0.05, 0.1) is 17.2 Å². The van der Waals surface area contributed by atoms with E-state index in [0.29, 0.717) is 40.2 Å². The summed E-state index contributed by atoms with van der Waals surface area (Å²) in [6.45, 7) is 4.79. The quantitative estimate of drug-likeness (QED) is 0.481. The summed E-state index contributed by atoms with van der Waals surface area (Å²) in [5, 5.41) is 7.45. The van der Waals surface area contributed by atoms with Gasteiger partial charge in [-0.15, -0.1) is 0 Å². The first-order chi connectivity index (χ1) is 14.5. The fourth-order valence-corrected chi connectivity index (χ4v) is 3.21. The number of aromatic nitrogens is 3. The molecule has 1 amide bonds. The van der Waals surface area contributed by atoms with E-state index < -0.39 is 0 Å². The van der Waals surface area contributed by atoms with E-state index in [0.717, 1.165) is 12.0 Å². The van der Waals surface area contributed by atoms with E-state index in [1.54, 1.807) is 6.21 Å². The number of carbonyl (C=O) groups excluding carboxylic acids is 1. The number of amides is 1. The summed E-state index contributed by atoms with van der Waals surface area (Å²) < 4.78 is 1.49. The van der Waals surface area contributed by atoms with E-state index in [1.165, 1.54) is 4.68 Å². The normalized spacial score (nSPS) is 11.7. The summed E-state index contributed by atoms with van der Waals surface area (Å²) in [4.78, 5) is 22.3. The van der Waals surface area contributed by atoms with Crippen LogP contribution in [0.1, 0.15) is 36.2 Å². The molecule has 0 spiro atoms. The number of carbonyl (C=O) groups is 1. The monoisotopic (exact) mass is 400 g/mol. The zero-order valence-electron chi connectivity index (χ0n) is 17.0. The fourth-order valence-electron chi connectivity index (χ4n) is 3.21. The van der Waals surface area contributed by atoms with Crippen LogP contribution in [0.25, 0.3) is 22.2 Å². The van der Waals surface area contributed by atoms with Crippen LogP contribution in [0.2, 0.25) is 0 Å². The second-order valence-electron chi connectivity index (χ2n) is 7.55. The van der Waals surface area contributed by atoms with Crippen LogP contribution in [0.4, 0.5) is 5.82 Å². The molecule has 2 aromatic carbocycles. The Hall–Kier alpha value is -3.74. The lowest BCUT2D eigenvalue weighted by atomic mass is 10.1. The Balaban J connectivity index is 1.83. The third kappa shape index (κ3) is 3.87. The lowest BCUT2D eigenvalue weighted by molar-refractivity contribution is 0.0954. The van der Waals surface area contributed by atoms with Crippen molar-refractivity contribution in [1.29, 1.82) is 0 Å². The van der Waals surface area contributed by atoms with Gasteiger partial charge in [-0.1, -0.05) is 56.3 Å². The van der Waals surface area contributed by atoms with Crippen LogP contribution in [-0.2, 0) is 0 Å². The largest absolute Gasteiger partial charge is 0.383 e. The van der Waals surface area contributed by atoms with Crippen molar-refractivity contribution in [3.05, 3.63) is 65.7 Å². The summed E-state index contributed by atoms with van der Waals surface area (Å²) in [7, 11) is 0. The molecule has 0 bridgehead atoms. The highest BCUT2D eigenvalue weighted by molar-refractivity contribution is 6.10. The average Bonchev–Trinajstić information content (AvgIpc) is 3.01. The maximum atomic E-state index is 13.0. The van der Waals surface area contributed by atoms with Crippen LogP contribution in [0.3, 0.4) is 0 Å². The molecule has 7 nitrogen and oxygen atoms in total. The van der Waals surface area contributed by atoms with Gasteiger partial charge in [0.2, 0.25) is 0 Å². The second kappa shape index (κ2) is 8.32. The molecule has 0 radical (unpaired) electrons. The van der Waals surface area contributed by atoms with Gasteiger partial charge in [-0.3, -0.25) is 4.79 Å². The topological polar surface area (TPSA) is 98.2 Å². The first-order valence-electron chi connectivity index (χ1n) is 9.99. The highest BCUT2D eigenvalue weighted by atomic mass is 16.1. The number of para-hydroxylation sites is 2. The third-order valence-electron chi connectivity index (χ3n) is 4.83. The van der Waals surface area contributed by atoms with E-state index >= 15 is 0 Å². The van der Waals surface area contributed by atoms with E-state index in [1.807, 2.05) is 54.6 Å². The number of rotatable bonds is 6. The Labute approximate surface area is 174 Å². The van der Waals surface area contributed by atoms with Crippen molar-refractivity contribution in [2.24, 2.45) is 11.0 Å². The number of benzene rings is 2. The molecule has 4 rings (SSSR count). The van der Waals surface area contributed by atoms with Gasteiger partial charge in [0.15, 0.2) is 5.65 Å². The fraction of sp³-hybridized carbons (Fsp3) is 0.217. The number of anilines is 1. The zero-order chi connectivity index (χ0) is 21.1. The number of nitrogens with one attached hydrogen (secondary N) is 1. The van der Waals surface area contributed by atoms with Gasteiger partial charge in [0, 0.05) is 6.54 Å². The average molecular weight is 400 g/mol. The molecule has 0 aliphatic rings. The minimum Gasteiger partial charge on any atom is -0.383 e. The smallest absolute Gasteiger partial charge is 0.257 e. The first kappa shape index (κ1) is 19.6. The molecule has 4 aromatic rings. The maximum Gasteiger partial charge on any atom is 0.257 e. The third-order valence-corrected chi connectivity index (χ3v) is 4.83. The molecule has 0 saturated carbocycles. The molecule has 30 heavy (non-hydrogen) atoms. The van der Waals surface area contributed by atoms with Crippen molar-refractivity contribution >= 4 is 40.1 Å². The summed E-state index contributed by atoms with van der Waals surface area (Å²) >= 11 is 0. The minimum atomic E-state index is -0.267. The van der Waals surface area contributed by atoms with Gasteiger partial charge in [0.1, 0.15) is 16.9 Å². The Morgan fingerprint density at radius 3 is 2.47 bits per heavy atom. The second-order valence-corrected chi connectivity index (χ2v) is 7.55. The summed E-state index contributed by atoms with van der Waals surface area (Å²) in [6, 6.07) is 17.2. The standard InChI is InChI=1S/C23H24N6O/c1-15(2)12-13-25-23(30)19-20-22(28-18-11-7-6-10-17(18)27-20)29(21(19)24)26-14-16-8-4-3-5-9-16/h3-11,14-15H,12-13,24H2,1-2H3,(H,25,30). The molecule has 152 valence electrons. The number of hydrogen-bond acceptors (Lipinski definition) is 5. The van der Waals surface area contributed by atoms with Gasteiger partial charge in [-0.25, -0.2) is 9.97 Å². The van der Waals surface area contributed by atoms with Crippen LogP contribution in [0.15, 0.2) is 59.7 Å². The molecule has 0 aliphatic carbocycles. The molecule has 0 atom stereocenters. The van der Waals surface area contributed by atoms with E-state index in [2.05, 4.69) is 34.2 Å². The van der Waals surface area contributed by atoms with Crippen molar-refractivity contribution in [1.82, 2.24) is 20.0 Å². The molecule has 3 N–H and O–H groups in total. The van der Waals surface area contributed by atoms with Crippen LogP contribution in [0, 0.1) is 5.92 Å². The van der Waals surface area contributed by atoms with Gasteiger partial charge >= 0.3 is 0 Å². The Bertz CT molecular complexity index is 1230. The summed E-state index contributed by atoms with van der Waals surface area (Å²) in [5.41, 5.74) is 9.91. The number of hydrogen-bond donors (Lipinski definition) is 2. The highest BCUT2D eigenvalue weighted by Crippen LogP contribution is 2.27. The van der Waals surface area contributed by atoms with Crippen molar-refractivity contribution in [3.63, 3.8) is 0 Å². The maximum absolute atomic E-state index is 13.0. The molecule has 0 fully saturated rings. The van der Waals surface area contributed by atoms with Gasteiger partial charge < -0.3 is 11.1 Å². The Morgan fingerprint density at radius 2 is 1.77 bits per heavy atom. The van der Waals surface area contributed by atoms with Gasteiger partial charge in [-0.05, 0) is 30.0 Å². The SMILES string of the molecule is CC(C)CCNC(=O)c1c(N)n(N=Cc2ccccc2)c2nc3ccccc3nc12. The summed E-state index contributed by atoms with van der Waals surface area (Å²) in [6.07, 6.45) is 2.57. The number of nitrogens with two attached hydrogens (primary N) is 1.